The Morgan fingerprint density at radius 3 is 2.17 bits per heavy atom. The average Bonchev–Trinajstić information content (AvgIpc) is 2.96. The Balaban J connectivity index is 2.01. The number of methoxy groups -OCH3 is 1. The third kappa shape index (κ3) is 7.68. The first-order valence-electron chi connectivity index (χ1n) is 12.7. The van der Waals surface area contributed by atoms with E-state index in [4.69, 9.17) is 27.9 Å². The molecule has 0 saturated heterocycles. The molecule has 0 saturated carbocycles. The Hall–Kier alpha value is -3.27. The van der Waals surface area contributed by atoms with Crippen molar-refractivity contribution in [3.63, 3.8) is 0 Å². The van der Waals surface area contributed by atoms with E-state index in [1.165, 1.54) is 36.3 Å². The first kappa shape index (κ1) is 31.3. The Morgan fingerprint density at radius 2 is 1.60 bits per heavy atom. The largest absolute Gasteiger partial charge is 0.497 e. The van der Waals surface area contributed by atoms with E-state index in [-0.39, 0.29) is 23.4 Å². The number of rotatable bonds is 12. The van der Waals surface area contributed by atoms with Gasteiger partial charge in [0.2, 0.25) is 11.8 Å². The van der Waals surface area contributed by atoms with Crippen molar-refractivity contribution in [2.24, 2.45) is 0 Å². The molecule has 0 aromatic heterocycles. The molecule has 2 atom stereocenters. The lowest BCUT2D eigenvalue weighted by atomic mass is 10.1. The molecule has 0 heterocycles. The number of anilines is 1. The van der Waals surface area contributed by atoms with Crippen LogP contribution in [-0.4, -0.2) is 50.9 Å². The maximum absolute atomic E-state index is 13.9. The van der Waals surface area contributed by atoms with Gasteiger partial charge in [0.1, 0.15) is 18.3 Å². The average molecular weight is 607 g/mol. The van der Waals surface area contributed by atoms with Crippen LogP contribution in [0, 0.1) is 0 Å². The van der Waals surface area contributed by atoms with Gasteiger partial charge < -0.3 is 15.0 Å². The summed E-state index contributed by atoms with van der Waals surface area (Å²) in [6.07, 6.45) is 0.709. The topological polar surface area (TPSA) is 96.0 Å². The summed E-state index contributed by atoms with van der Waals surface area (Å²) < 4.78 is 33.8. The van der Waals surface area contributed by atoms with Gasteiger partial charge in [0.15, 0.2) is 0 Å². The van der Waals surface area contributed by atoms with Gasteiger partial charge in [0, 0.05) is 12.6 Å². The summed E-state index contributed by atoms with van der Waals surface area (Å²) in [7, 11) is -2.69. The van der Waals surface area contributed by atoms with Gasteiger partial charge in [0.25, 0.3) is 10.0 Å². The predicted molar refractivity (Wildman–Crippen MR) is 158 cm³/mol. The summed E-state index contributed by atoms with van der Waals surface area (Å²) in [5, 5.41) is 3.55. The maximum atomic E-state index is 13.9. The van der Waals surface area contributed by atoms with E-state index in [1.807, 2.05) is 13.8 Å². The molecule has 40 heavy (non-hydrogen) atoms. The molecule has 2 amide bonds. The smallest absolute Gasteiger partial charge is 0.264 e. The third-order valence-electron chi connectivity index (χ3n) is 6.48. The number of para-hydroxylation sites is 1. The van der Waals surface area contributed by atoms with Crippen LogP contribution in [-0.2, 0) is 26.2 Å². The molecule has 0 unspecified atom stereocenters. The molecule has 0 aliphatic carbocycles. The Labute approximate surface area is 245 Å². The van der Waals surface area contributed by atoms with Crippen LogP contribution in [0.5, 0.6) is 5.75 Å². The lowest BCUT2D eigenvalue weighted by molar-refractivity contribution is -0.139. The number of halogens is 2. The Kier molecular flexibility index (Phi) is 10.8. The standard InChI is InChI=1S/C29H33Cl2N3O5S/c1-5-20(2)32-29(36)21(3)33(18-22-11-16-26(30)27(31)17-22)28(35)19-34(23-9-7-6-8-10-23)40(37,38)25-14-12-24(39-4)13-15-25/h6-17,20-21H,5,18-19H2,1-4H3,(H,32,36)/t20-,21+/m1/s1. The van der Waals surface area contributed by atoms with Crippen molar-refractivity contribution in [2.75, 3.05) is 18.0 Å². The molecule has 0 aliphatic heterocycles. The second-order valence-electron chi connectivity index (χ2n) is 9.29. The summed E-state index contributed by atoms with van der Waals surface area (Å²) in [4.78, 5) is 28.4. The van der Waals surface area contributed by atoms with Crippen LogP contribution in [0.3, 0.4) is 0 Å². The Morgan fingerprint density at radius 1 is 0.950 bits per heavy atom. The zero-order chi connectivity index (χ0) is 29.4. The minimum absolute atomic E-state index is 0.00995. The SMILES string of the molecule is CC[C@@H](C)NC(=O)[C@H](C)N(Cc1ccc(Cl)c(Cl)c1)C(=O)CN(c1ccccc1)S(=O)(=O)c1ccc(OC)cc1. The zero-order valence-corrected chi connectivity index (χ0v) is 25.1. The van der Waals surface area contributed by atoms with Crippen LogP contribution in [0.1, 0.15) is 32.8 Å². The number of nitrogens with zero attached hydrogens (tertiary/aromatic N) is 2. The van der Waals surface area contributed by atoms with Crippen molar-refractivity contribution in [1.29, 1.82) is 0 Å². The second kappa shape index (κ2) is 13.9. The van der Waals surface area contributed by atoms with Gasteiger partial charge in [-0.2, -0.15) is 0 Å². The number of ether oxygens (including phenoxy) is 1. The predicted octanol–water partition coefficient (Wildman–Crippen LogP) is 5.53. The van der Waals surface area contributed by atoms with Gasteiger partial charge in [-0.3, -0.25) is 13.9 Å². The van der Waals surface area contributed by atoms with E-state index in [9.17, 15) is 18.0 Å². The number of hydrogen-bond donors (Lipinski definition) is 1. The normalized spacial score (nSPS) is 12.8. The van der Waals surface area contributed by atoms with E-state index < -0.39 is 28.5 Å². The molecular formula is C29H33Cl2N3O5S. The molecule has 0 aliphatic rings. The van der Waals surface area contributed by atoms with Crippen LogP contribution in [0.4, 0.5) is 5.69 Å². The van der Waals surface area contributed by atoms with Gasteiger partial charge in [-0.05, 0) is 74.4 Å². The maximum Gasteiger partial charge on any atom is 0.264 e. The van der Waals surface area contributed by atoms with E-state index in [1.54, 1.807) is 55.5 Å². The molecule has 8 nitrogen and oxygen atoms in total. The highest BCUT2D eigenvalue weighted by atomic mass is 35.5. The van der Waals surface area contributed by atoms with E-state index in [2.05, 4.69) is 5.32 Å². The van der Waals surface area contributed by atoms with Gasteiger partial charge in [-0.1, -0.05) is 54.4 Å². The summed E-state index contributed by atoms with van der Waals surface area (Å²) in [5.74, 6) is -0.430. The summed E-state index contributed by atoms with van der Waals surface area (Å²) >= 11 is 12.3. The van der Waals surface area contributed by atoms with Gasteiger partial charge in [-0.15, -0.1) is 0 Å². The highest BCUT2D eigenvalue weighted by molar-refractivity contribution is 7.92. The monoisotopic (exact) mass is 605 g/mol. The lowest BCUT2D eigenvalue weighted by Crippen LogP contribution is -2.52. The van der Waals surface area contributed by atoms with Crippen LogP contribution < -0.4 is 14.4 Å². The van der Waals surface area contributed by atoms with Gasteiger partial charge >= 0.3 is 0 Å². The Bertz CT molecular complexity index is 1420. The number of nitrogens with one attached hydrogen (secondary N) is 1. The molecule has 3 aromatic carbocycles. The number of amides is 2. The molecule has 0 fully saturated rings. The van der Waals surface area contributed by atoms with Crippen LogP contribution >= 0.6 is 23.2 Å². The number of carbonyl (C=O) groups excluding carboxylic acids is 2. The molecule has 11 heteroatoms. The molecule has 214 valence electrons. The van der Waals surface area contributed by atoms with Crippen LogP contribution in [0.2, 0.25) is 10.0 Å². The summed E-state index contributed by atoms with van der Waals surface area (Å²) in [5.41, 5.74) is 0.938. The molecule has 3 aromatic rings. The number of benzene rings is 3. The fraction of sp³-hybridized carbons (Fsp3) is 0.310. The van der Waals surface area contributed by atoms with Crippen molar-refractivity contribution in [1.82, 2.24) is 10.2 Å². The van der Waals surface area contributed by atoms with E-state index in [0.717, 1.165) is 4.31 Å². The quantitative estimate of drug-likeness (QED) is 0.293. The number of hydrogen-bond acceptors (Lipinski definition) is 5. The van der Waals surface area contributed by atoms with Gasteiger partial charge in [0.05, 0.1) is 27.7 Å². The van der Waals surface area contributed by atoms with Crippen LogP contribution in [0.25, 0.3) is 0 Å². The fourth-order valence-electron chi connectivity index (χ4n) is 3.88. The highest BCUT2D eigenvalue weighted by Crippen LogP contribution is 2.27. The molecule has 0 radical (unpaired) electrons. The zero-order valence-electron chi connectivity index (χ0n) is 22.8. The fourth-order valence-corrected chi connectivity index (χ4v) is 5.62. The van der Waals surface area contributed by atoms with Crippen molar-refractivity contribution in [2.45, 2.75) is 50.7 Å². The third-order valence-corrected chi connectivity index (χ3v) is 9.00. The summed E-state index contributed by atoms with van der Waals surface area (Å²) in [6, 6.07) is 18.2. The minimum Gasteiger partial charge on any atom is -0.497 e. The minimum atomic E-state index is -4.17. The first-order chi connectivity index (χ1) is 19.0. The van der Waals surface area contributed by atoms with Crippen molar-refractivity contribution >= 4 is 50.7 Å². The number of sulfonamides is 1. The van der Waals surface area contributed by atoms with Crippen LogP contribution in [0.15, 0.2) is 77.7 Å². The molecular weight excluding hydrogens is 573 g/mol. The van der Waals surface area contributed by atoms with Gasteiger partial charge in [-0.25, -0.2) is 8.42 Å². The molecule has 0 spiro atoms. The highest BCUT2D eigenvalue weighted by Gasteiger charge is 2.32. The van der Waals surface area contributed by atoms with Crippen molar-refractivity contribution in [3.05, 3.63) is 88.4 Å². The second-order valence-corrected chi connectivity index (χ2v) is 12.0. The summed E-state index contributed by atoms with van der Waals surface area (Å²) in [6.45, 7) is 4.89. The molecule has 1 N–H and O–H groups in total. The van der Waals surface area contributed by atoms with Crippen molar-refractivity contribution < 1.29 is 22.7 Å². The molecule has 3 rings (SSSR count). The molecule has 0 bridgehead atoms. The lowest BCUT2D eigenvalue weighted by Gasteiger charge is -2.32. The number of carbonyl (C=O) groups is 2. The van der Waals surface area contributed by atoms with E-state index in [0.29, 0.717) is 33.5 Å². The first-order valence-corrected chi connectivity index (χ1v) is 14.9. The van der Waals surface area contributed by atoms with E-state index >= 15 is 0 Å². The van der Waals surface area contributed by atoms with Crippen molar-refractivity contribution in [3.8, 4) is 5.75 Å².